The number of nitrogens with zero attached hydrogens (tertiary/aromatic N) is 1. The normalized spacial score (nSPS) is 12.0. The first-order valence-electron chi connectivity index (χ1n) is 7.00. The molecule has 116 valence electrons. The van der Waals surface area contributed by atoms with Gasteiger partial charge in [0.05, 0.1) is 21.7 Å². The highest BCUT2D eigenvalue weighted by atomic mass is 32.1. The van der Waals surface area contributed by atoms with Crippen molar-refractivity contribution in [2.24, 2.45) is 5.73 Å². The van der Waals surface area contributed by atoms with E-state index in [1.807, 2.05) is 35.7 Å². The number of ether oxygens (including phenoxy) is 1. The van der Waals surface area contributed by atoms with Crippen molar-refractivity contribution in [1.29, 1.82) is 0 Å². The van der Waals surface area contributed by atoms with E-state index >= 15 is 0 Å². The number of rotatable bonds is 4. The molecule has 1 atom stereocenters. The molecule has 0 radical (unpaired) electrons. The van der Waals surface area contributed by atoms with Crippen molar-refractivity contribution in [2.45, 2.75) is 13.0 Å². The first-order chi connectivity index (χ1) is 11.1. The molecule has 0 aliphatic heterocycles. The number of esters is 1. The van der Waals surface area contributed by atoms with E-state index in [4.69, 9.17) is 10.5 Å². The lowest BCUT2D eigenvalue weighted by Crippen LogP contribution is -2.30. The molecular weight excluding hydrogens is 312 g/mol. The number of amides is 1. The number of benzene rings is 1. The van der Waals surface area contributed by atoms with Crippen molar-refractivity contribution in [3.63, 3.8) is 0 Å². The fraction of sp³-hybridized carbons (Fsp3) is 0.118. The predicted octanol–water partition coefficient (Wildman–Crippen LogP) is 2.99. The Hall–Kier alpha value is -2.73. The molecule has 3 rings (SSSR count). The van der Waals surface area contributed by atoms with Crippen LogP contribution >= 0.6 is 11.3 Å². The molecule has 5 nitrogen and oxygen atoms in total. The number of primary amides is 1. The number of carbonyl (C=O) groups is 2. The molecule has 23 heavy (non-hydrogen) atoms. The minimum atomic E-state index is -0.986. The van der Waals surface area contributed by atoms with Gasteiger partial charge in [0, 0.05) is 5.39 Å². The largest absolute Gasteiger partial charge is 0.449 e. The zero-order chi connectivity index (χ0) is 16.4. The van der Waals surface area contributed by atoms with Crippen LogP contribution in [0, 0.1) is 0 Å². The number of hydrogen-bond donors (Lipinski definition) is 1. The second-order valence-electron chi connectivity index (χ2n) is 5.00. The fourth-order valence-electron chi connectivity index (χ4n) is 2.18. The number of carbonyl (C=O) groups excluding carboxylic acids is 2. The van der Waals surface area contributed by atoms with Gasteiger partial charge in [-0.15, -0.1) is 11.3 Å². The van der Waals surface area contributed by atoms with Crippen LogP contribution in [-0.4, -0.2) is 23.0 Å². The van der Waals surface area contributed by atoms with E-state index in [9.17, 15) is 9.59 Å². The molecule has 0 saturated carbocycles. The van der Waals surface area contributed by atoms with Crippen LogP contribution in [0.5, 0.6) is 0 Å². The minimum Gasteiger partial charge on any atom is -0.449 e. The summed E-state index contributed by atoms with van der Waals surface area (Å²) in [5, 5.41) is 2.62. The van der Waals surface area contributed by atoms with E-state index in [0.717, 1.165) is 4.88 Å². The lowest BCUT2D eigenvalue weighted by atomic mass is 10.1. The van der Waals surface area contributed by atoms with Gasteiger partial charge < -0.3 is 10.5 Å². The molecule has 0 spiro atoms. The second kappa shape index (κ2) is 6.18. The Labute approximate surface area is 136 Å². The summed E-state index contributed by atoms with van der Waals surface area (Å²) in [7, 11) is 0. The smallest absolute Gasteiger partial charge is 0.339 e. The fourth-order valence-corrected chi connectivity index (χ4v) is 2.86. The number of pyridine rings is 1. The first kappa shape index (κ1) is 15.2. The Morgan fingerprint density at radius 3 is 2.70 bits per heavy atom. The van der Waals surface area contributed by atoms with E-state index in [1.165, 1.54) is 18.3 Å². The topological polar surface area (TPSA) is 82.3 Å². The van der Waals surface area contributed by atoms with Gasteiger partial charge in [0.2, 0.25) is 0 Å². The van der Waals surface area contributed by atoms with E-state index in [-0.39, 0.29) is 0 Å². The summed E-state index contributed by atoms with van der Waals surface area (Å²) in [6.07, 6.45) is -0.986. The third-order valence-corrected chi connectivity index (χ3v) is 4.29. The zero-order valence-electron chi connectivity index (χ0n) is 12.4. The van der Waals surface area contributed by atoms with E-state index in [1.54, 1.807) is 12.1 Å². The van der Waals surface area contributed by atoms with Crippen molar-refractivity contribution >= 4 is 34.1 Å². The van der Waals surface area contributed by atoms with Crippen molar-refractivity contribution in [3.8, 4) is 10.6 Å². The van der Waals surface area contributed by atoms with Gasteiger partial charge in [-0.25, -0.2) is 9.78 Å². The molecule has 2 heterocycles. The van der Waals surface area contributed by atoms with Gasteiger partial charge in [0.15, 0.2) is 6.10 Å². The van der Waals surface area contributed by atoms with E-state index in [2.05, 4.69) is 4.98 Å². The summed E-state index contributed by atoms with van der Waals surface area (Å²) >= 11 is 1.54. The number of nitrogens with two attached hydrogens (primary N) is 1. The molecular formula is C17H14N2O3S. The van der Waals surface area contributed by atoms with Gasteiger partial charge in [-0.3, -0.25) is 4.79 Å². The maximum Gasteiger partial charge on any atom is 0.339 e. The van der Waals surface area contributed by atoms with Crippen LogP contribution < -0.4 is 5.73 Å². The first-order valence-corrected chi connectivity index (χ1v) is 7.88. The molecule has 6 heteroatoms. The van der Waals surface area contributed by atoms with Gasteiger partial charge >= 0.3 is 5.97 Å². The quantitative estimate of drug-likeness (QED) is 0.747. The molecule has 0 bridgehead atoms. The molecule has 1 amide bonds. The molecule has 1 aromatic carbocycles. The summed E-state index contributed by atoms with van der Waals surface area (Å²) in [5.74, 6) is -1.28. The average molecular weight is 326 g/mol. The van der Waals surface area contributed by atoms with Crippen molar-refractivity contribution < 1.29 is 14.3 Å². The van der Waals surface area contributed by atoms with E-state index in [0.29, 0.717) is 22.2 Å². The summed E-state index contributed by atoms with van der Waals surface area (Å²) in [5.41, 5.74) is 6.91. The molecule has 0 aliphatic rings. The number of aromatic nitrogens is 1. The van der Waals surface area contributed by atoms with Gasteiger partial charge in [-0.2, -0.15) is 0 Å². The lowest BCUT2D eigenvalue weighted by Gasteiger charge is -2.12. The maximum atomic E-state index is 12.4. The Morgan fingerprint density at radius 1 is 1.22 bits per heavy atom. The Balaban J connectivity index is 2.10. The standard InChI is InChI=1S/C17H14N2O3S/c1-10(16(18)20)22-17(21)12-9-14(15-7-4-8-23-15)19-13-6-3-2-5-11(12)13/h2-10H,1H3,(H2,18,20). The Kier molecular flexibility index (Phi) is 4.08. The van der Waals surface area contributed by atoms with Crippen LogP contribution in [-0.2, 0) is 9.53 Å². The third kappa shape index (κ3) is 3.07. The monoisotopic (exact) mass is 326 g/mol. The Morgan fingerprint density at radius 2 is 2.00 bits per heavy atom. The average Bonchev–Trinajstić information content (AvgIpc) is 3.08. The van der Waals surface area contributed by atoms with Crippen molar-refractivity contribution in [1.82, 2.24) is 4.98 Å². The SMILES string of the molecule is CC(OC(=O)c1cc(-c2cccs2)nc2ccccc12)C(N)=O. The molecule has 2 N–H and O–H groups in total. The van der Waals surface area contributed by atoms with Crippen molar-refractivity contribution in [2.75, 3.05) is 0 Å². The van der Waals surface area contributed by atoms with Crippen molar-refractivity contribution in [3.05, 3.63) is 53.4 Å². The maximum absolute atomic E-state index is 12.4. The number of fused-ring (bicyclic) bond motifs is 1. The lowest BCUT2D eigenvalue weighted by molar-refractivity contribution is -0.125. The van der Waals surface area contributed by atoms with Crippen LogP contribution in [0.25, 0.3) is 21.5 Å². The summed E-state index contributed by atoms with van der Waals surface area (Å²) < 4.78 is 5.14. The van der Waals surface area contributed by atoms with Crippen LogP contribution in [0.1, 0.15) is 17.3 Å². The second-order valence-corrected chi connectivity index (χ2v) is 5.95. The van der Waals surface area contributed by atoms with Gasteiger partial charge in [0.1, 0.15) is 0 Å². The summed E-state index contributed by atoms with van der Waals surface area (Å²) in [6, 6.07) is 12.8. The Bertz CT molecular complexity index is 875. The number of thiophene rings is 1. The van der Waals surface area contributed by atoms with Crippen LogP contribution in [0.4, 0.5) is 0 Å². The molecule has 2 aromatic heterocycles. The van der Waals surface area contributed by atoms with E-state index < -0.39 is 18.0 Å². The predicted molar refractivity (Wildman–Crippen MR) is 89.1 cm³/mol. The van der Waals surface area contributed by atoms with Gasteiger partial charge in [-0.05, 0) is 30.5 Å². The summed E-state index contributed by atoms with van der Waals surface area (Å²) in [4.78, 5) is 29.1. The van der Waals surface area contributed by atoms with Crippen LogP contribution in [0.15, 0.2) is 47.8 Å². The third-order valence-electron chi connectivity index (χ3n) is 3.39. The highest BCUT2D eigenvalue weighted by Crippen LogP contribution is 2.28. The molecule has 0 aliphatic carbocycles. The van der Waals surface area contributed by atoms with Crippen LogP contribution in [0.3, 0.4) is 0 Å². The van der Waals surface area contributed by atoms with Gasteiger partial charge in [0.25, 0.3) is 5.91 Å². The highest BCUT2D eigenvalue weighted by molar-refractivity contribution is 7.13. The molecule has 0 saturated heterocycles. The molecule has 1 unspecified atom stereocenters. The number of hydrogen-bond acceptors (Lipinski definition) is 5. The molecule has 0 fully saturated rings. The molecule has 3 aromatic rings. The zero-order valence-corrected chi connectivity index (χ0v) is 13.2. The van der Waals surface area contributed by atoms with Gasteiger partial charge in [-0.1, -0.05) is 24.3 Å². The van der Waals surface area contributed by atoms with Crippen LogP contribution in [0.2, 0.25) is 0 Å². The summed E-state index contributed by atoms with van der Waals surface area (Å²) in [6.45, 7) is 1.45. The number of para-hydroxylation sites is 1. The minimum absolute atomic E-state index is 0.368. The highest BCUT2D eigenvalue weighted by Gasteiger charge is 2.20.